The Morgan fingerprint density at radius 2 is 2.11 bits per heavy atom. The lowest BCUT2D eigenvalue weighted by atomic mass is 10.0. The third-order valence-electron chi connectivity index (χ3n) is 2.99. The first kappa shape index (κ1) is 13.3. The van der Waals surface area contributed by atoms with Gasteiger partial charge < -0.3 is 9.15 Å². The molecule has 0 aliphatic heterocycles. The van der Waals surface area contributed by atoms with E-state index in [2.05, 4.69) is 24.0 Å². The fraction of sp³-hybridized carbons (Fsp3) is 0.333. The van der Waals surface area contributed by atoms with Crippen LogP contribution in [-0.4, -0.2) is 17.6 Å². The molecule has 2 rings (SSSR count). The Labute approximate surface area is 112 Å². The summed E-state index contributed by atoms with van der Waals surface area (Å²) in [4.78, 5) is 15.6. The van der Waals surface area contributed by atoms with Crippen molar-refractivity contribution in [1.82, 2.24) is 4.98 Å². The van der Waals surface area contributed by atoms with Crippen molar-refractivity contribution in [1.29, 1.82) is 0 Å². The second kappa shape index (κ2) is 6.18. The standard InChI is InChI=1S/C15H17NO3/c1-3-18-15(17)14-13(19-10-16-14)9-8-12-7-5-4-6-11(12)2/h4-7,10H,3,8-9H2,1-2H3. The molecule has 0 fully saturated rings. The number of oxazole rings is 1. The Kier molecular flexibility index (Phi) is 4.34. The number of ether oxygens (including phenoxy) is 1. The number of esters is 1. The van der Waals surface area contributed by atoms with Gasteiger partial charge in [0.25, 0.3) is 0 Å². The van der Waals surface area contributed by atoms with Gasteiger partial charge in [-0.3, -0.25) is 0 Å². The van der Waals surface area contributed by atoms with E-state index in [-0.39, 0.29) is 5.69 Å². The van der Waals surface area contributed by atoms with Gasteiger partial charge in [-0.25, -0.2) is 9.78 Å². The van der Waals surface area contributed by atoms with Crippen LogP contribution in [0.5, 0.6) is 0 Å². The van der Waals surface area contributed by atoms with E-state index in [9.17, 15) is 4.79 Å². The predicted octanol–water partition coefficient (Wildman–Crippen LogP) is 2.94. The highest BCUT2D eigenvalue weighted by molar-refractivity contribution is 5.88. The molecule has 19 heavy (non-hydrogen) atoms. The number of nitrogens with zero attached hydrogens (tertiary/aromatic N) is 1. The van der Waals surface area contributed by atoms with Gasteiger partial charge in [0, 0.05) is 6.42 Å². The first-order valence-electron chi connectivity index (χ1n) is 6.36. The number of hydrogen-bond acceptors (Lipinski definition) is 4. The third kappa shape index (κ3) is 3.22. The average Bonchev–Trinajstić information content (AvgIpc) is 2.86. The summed E-state index contributed by atoms with van der Waals surface area (Å²) in [5.41, 5.74) is 2.77. The van der Waals surface area contributed by atoms with Gasteiger partial charge in [-0.1, -0.05) is 24.3 Å². The van der Waals surface area contributed by atoms with Crippen LogP contribution in [0.15, 0.2) is 35.1 Å². The molecule has 100 valence electrons. The van der Waals surface area contributed by atoms with E-state index in [1.54, 1.807) is 6.92 Å². The summed E-state index contributed by atoms with van der Waals surface area (Å²) < 4.78 is 10.2. The van der Waals surface area contributed by atoms with Crippen molar-refractivity contribution >= 4 is 5.97 Å². The number of aromatic nitrogens is 1. The van der Waals surface area contributed by atoms with Crippen LogP contribution in [0.2, 0.25) is 0 Å². The Bertz CT molecular complexity index is 560. The minimum Gasteiger partial charge on any atom is -0.461 e. The van der Waals surface area contributed by atoms with Crippen molar-refractivity contribution in [3.05, 3.63) is 53.2 Å². The highest BCUT2D eigenvalue weighted by atomic mass is 16.5. The Morgan fingerprint density at radius 1 is 1.32 bits per heavy atom. The zero-order chi connectivity index (χ0) is 13.7. The smallest absolute Gasteiger partial charge is 0.360 e. The molecule has 0 saturated carbocycles. The fourth-order valence-corrected chi connectivity index (χ4v) is 1.95. The van der Waals surface area contributed by atoms with Crippen molar-refractivity contribution in [3.63, 3.8) is 0 Å². The Hall–Kier alpha value is -2.10. The molecular formula is C15H17NO3. The minimum absolute atomic E-state index is 0.287. The van der Waals surface area contributed by atoms with E-state index in [1.807, 2.05) is 12.1 Å². The molecule has 0 aliphatic carbocycles. The van der Waals surface area contributed by atoms with Gasteiger partial charge in [0.2, 0.25) is 0 Å². The molecule has 0 atom stereocenters. The average molecular weight is 259 g/mol. The molecule has 1 heterocycles. The zero-order valence-corrected chi connectivity index (χ0v) is 11.2. The molecule has 0 amide bonds. The van der Waals surface area contributed by atoms with Crippen molar-refractivity contribution in [2.45, 2.75) is 26.7 Å². The summed E-state index contributed by atoms with van der Waals surface area (Å²) in [5.74, 6) is 0.165. The lowest BCUT2D eigenvalue weighted by Crippen LogP contribution is -2.08. The number of aryl methyl sites for hydroxylation is 3. The quantitative estimate of drug-likeness (QED) is 0.775. The van der Waals surface area contributed by atoms with Gasteiger partial charge in [0.05, 0.1) is 6.61 Å². The largest absolute Gasteiger partial charge is 0.461 e. The van der Waals surface area contributed by atoms with Crippen LogP contribution in [0, 0.1) is 6.92 Å². The van der Waals surface area contributed by atoms with Crippen LogP contribution in [-0.2, 0) is 17.6 Å². The third-order valence-corrected chi connectivity index (χ3v) is 2.99. The molecule has 4 heteroatoms. The minimum atomic E-state index is -0.420. The molecule has 0 bridgehead atoms. The summed E-state index contributed by atoms with van der Waals surface area (Å²) in [6.45, 7) is 4.18. The second-order valence-electron chi connectivity index (χ2n) is 4.27. The summed E-state index contributed by atoms with van der Waals surface area (Å²) in [6, 6.07) is 8.17. The normalized spacial score (nSPS) is 10.4. The molecule has 0 N–H and O–H groups in total. The Morgan fingerprint density at radius 3 is 2.84 bits per heavy atom. The summed E-state index contributed by atoms with van der Waals surface area (Å²) in [6.07, 6.45) is 2.74. The first-order valence-corrected chi connectivity index (χ1v) is 6.36. The molecule has 4 nitrogen and oxygen atoms in total. The van der Waals surface area contributed by atoms with Crippen LogP contribution >= 0.6 is 0 Å². The fourth-order valence-electron chi connectivity index (χ4n) is 1.95. The SMILES string of the molecule is CCOC(=O)c1ncoc1CCc1ccccc1C. The maximum atomic E-state index is 11.7. The van der Waals surface area contributed by atoms with Crippen LogP contribution in [0.1, 0.15) is 34.3 Å². The van der Waals surface area contributed by atoms with E-state index in [4.69, 9.17) is 9.15 Å². The second-order valence-corrected chi connectivity index (χ2v) is 4.27. The van der Waals surface area contributed by atoms with Crippen LogP contribution in [0.3, 0.4) is 0 Å². The van der Waals surface area contributed by atoms with Crippen LogP contribution < -0.4 is 0 Å². The maximum absolute atomic E-state index is 11.7. The molecular weight excluding hydrogens is 242 g/mol. The van der Waals surface area contributed by atoms with Crippen molar-refractivity contribution < 1.29 is 13.9 Å². The predicted molar refractivity (Wildman–Crippen MR) is 71.0 cm³/mol. The van der Waals surface area contributed by atoms with Gasteiger partial charge in [-0.05, 0) is 31.4 Å². The summed E-state index contributed by atoms with van der Waals surface area (Å²) in [7, 11) is 0. The van der Waals surface area contributed by atoms with Gasteiger partial charge in [-0.15, -0.1) is 0 Å². The van der Waals surface area contributed by atoms with E-state index >= 15 is 0 Å². The van der Waals surface area contributed by atoms with Crippen LogP contribution in [0.4, 0.5) is 0 Å². The van der Waals surface area contributed by atoms with E-state index in [1.165, 1.54) is 17.5 Å². The zero-order valence-electron chi connectivity index (χ0n) is 11.2. The molecule has 0 unspecified atom stereocenters. The summed E-state index contributed by atoms with van der Waals surface area (Å²) in [5, 5.41) is 0. The molecule has 1 aromatic heterocycles. The molecule has 2 aromatic rings. The van der Waals surface area contributed by atoms with E-state index in [0.29, 0.717) is 18.8 Å². The highest BCUT2D eigenvalue weighted by Crippen LogP contribution is 2.14. The monoisotopic (exact) mass is 259 g/mol. The van der Waals surface area contributed by atoms with Crippen molar-refractivity contribution in [2.75, 3.05) is 6.61 Å². The van der Waals surface area contributed by atoms with Gasteiger partial charge in [-0.2, -0.15) is 0 Å². The van der Waals surface area contributed by atoms with Crippen molar-refractivity contribution in [2.24, 2.45) is 0 Å². The summed E-state index contributed by atoms with van der Waals surface area (Å²) >= 11 is 0. The lowest BCUT2D eigenvalue weighted by Gasteiger charge is -2.04. The topological polar surface area (TPSA) is 52.3 Å². The highest BCUT2D eigenvalue weighted by Gasteiger charge is 2.17. The molecule has 0 radical (unpaired) electrons. The lowest BCUT2D eigenvalue weighted by molar-refractivity contribution is 0.0517. The number of carbonyl (C=O) groups excluding carboxylic acids is 1. The molecule has 0 aliphatic rings. The molecule has 1 aromatic carbocycles. The Balaban J connectivity index is 2.06. The molecule has 0 saturated heterocycles. The first-order chi connectivity index (χ1) is 9.22. The number of hydrogen-bond donors (Lipinski definition) is 0. The number of benzene rings is 1. The maximum Gasteiger partial charge on any atom is 0.360 e. The number of carbonyl (C=O) groups is 1. The van der Waals surface area contributed by atoms with Gasteiger partial charge in [0.15, 0.2) is 12.1 Å². The van der Waals surface area contributed by atoms with Crippen molar-refractivity contribution in [3.8, 4) is 0 Å². The van der Waals surface area contributed by atoms with E-state index < -0.39 is 5.97 Å². The van der Waals surface area contributed by atoms with Crippen LogP contribution in [0.25, 0.3) is 0 Å². The molecule has 0 spiro atoms. The van der Waals surface area contributed by atoms with Gasteiger partial charge in [0.1, 0.15) is 5.76 Å². The van der Waals surface area contributed by atoms with E-state index in [0.717, 1.165) is 6.42 Å². The number of rotatable bonds is 5. The van der Waals surface area contributed by atoms with Gasteiger partial charge >= 0.3 is 5.97 Å².